The van der Waals surface area contributed by atoms with E-state index in [-0.39, 0.29) is 5.69 Å². The van der Waals surface area contributed by atoms with Gasteiger partial charge < -0.3 is 9.14 Å². The minimum atomic E-state index is -0.407. The molecule has 0 bridgehead atoms. The summed E-state index contributed by atoms with van der Waals surface area (Å²) in [5, 5.41) is 10.8. The molecule has 0 amide bonds. The third-order valence-corrected chi connectivity index (χ3v) is 4.02. The Morgan fingerprint density at radius 1 is 1.08 bits per heavy atom. The predicted octanol–water partition coefficient (Wildman–Crippen LogP) is 4.07. The number of non-ortho nitro benzene ring substituents is 1. The van der Waals surface area contributed by atoms with E-state index in [2.05, 4.69) is 4.40 Å². The van der Waals surface area contributed by atoms with Gasteiger partial charge in [0.15, 0.2) is 0 Å². The summed E-state index contributed by atoms with van der Waals surface area (Å²) in [6.07, 6.45) is 1.97. The highest BCUT2D eigenvalue weighted by Gasteiger charge is 2.12. The molecule has 2 heterocycles. The van der Waals surface area contributed by atoms with E-state index in [0.29, 0.717) is 0 Å². The molecule has 118 valence electrons. The Bertz CT molecular complexity index is 1070. The highest BCUT2D eigenvalue weighted by molar-refractivity contribution is 5.88. The van der Waals surface area contributed by atoms with Crippen molar-refractivity contribution in [3.63, 3.8) is 0 Å². The molecule has 6 heteroatoms. The maximum absolute atomic E-state index is 10.8. The van der Waals surface area contributed by atoms with Crippen LogP contribution in [0.15, 0.2) is 60.8 Å². The number of methoxy groups -OCH3 is 1. The first-order valence-corrected chi connectivity index (χ1v) is 7.37. The van der Waals surface area contributed by atoms with Crippen molar-refractivity contribution in [3.05, 3.63) is 70.9 Å². The molecule has 0 saturated heterocycles. The Kier molecular flexibility index (Phi) is 3.16. The van der Waals surface area contributed by atoms with E-state index in [9.17, 15) is 10.1 Å². The van der Waals surface area contributed by atoms with Gasteiger partial charge in [0.05, 0.1) is 34.3 Å². The van der Waals surface area contributed by atoms with E-state index in [1.54, 1.807) is 19.2 Å². The summed E-state index contributed by atoms with van der Waals surface area (Å²) in [5.74, 6) is 0.733. The molecule has 0 radical (unpaired) electrons. The smallest absolute Gasteiger partial charge is 0.269 e. The summed E-state index contributed by atoms with van der Waals surface area (Å²) >= 11 is 0. The lowest BCUT2D eigenvalue weighted by atomic mass is 10.1. The fourth-order valence-corrected chi connectivity index (χ4v) is 2.84. The molecule has 0 unspecified atom stereocenters. The summed E-state index contributed by atoms with van der Waals surface area (Å²) in [5.41, 5.74) is 4.38. The normalized spacial score (nSPS) is 11.0. The third-order valence-electron chi connectivity index (χ3n) is 4.02. The summed E-state index contributed by atoms with van der Waals surface area (Å²) in [6.45, 7) is 0. The number of hydrogen-bond donors (Lipinski definition) is 0. The molecular weight excluding hydrogens is 306 g/mol. The fraction of sp³-hybridized carbons (Fsp3) is 0.0556. The average Bonchev–Trinajstić information content (AvgIpc) is 3.10. The Hall–Kier alpha value is -3.41. The topological polar surface area (TPSA) is 69.7 Å². The third kappa shape index (κ3) is 2.16. The molecule has 0 saturated carbocycles. The summed E-state index contributed by atoms with van der Waals surface area (Å²) < 4.78 is 7.33. The van der Waals surface area contributed by atoms with Crippen molar-refractivity contribution >= 4 is 22.2 Å². The molecule has 0 aliphatic carbocycles. The fourth-order valence-electron chi connectivity index (χ4n) is 2.84. The maximum Gasteiger partial charge on any atom is 0.269 e. The number of hydrogen-bond acceptors (Lipinski definition) is 4. The minimum Gasteiger partial charge on any atom is -0.497 e. The SMILES string of the molecule is COc1ccc2c(c1)nc(-c1ccc([N+](=O)[O-])cc1)c1cccn12. The number of aromatic nitrogens is 2. The molecule has 0 aliphatic heterocycles. The van der Waals surface area contributed by atoms with Crippen LogP contribution in [0, 0.1) is 10.1 Å². The van der Waals surface area contributed by atoms with Crippen LogP contribution in [0.3, 0.4) is 0 Å². The maximum atomic E-state index is 10.8. The Morgan fingerprint density at radius 3 is 2.58 bits per heavy atom. The molecule has 0 N–H and O–H groups in total. The van der Waals surface area contributed by atoms with Gasteiger partial charge in [0.25, 0.3) is 5.69 Å². The van der Waals surface area contributed by atoms with E-state index >= 15 is 0 Å². The first-order chi connectivity index (χ1) is 11.7. The zero-order chi connectivity index (χ0) is 16.7. The number of benzene rings is 2. The zero-order valence-corrected chi connectivity index (χ0v) is 12.8. The first kappa shape index (κ1) is 14.2. The lowest BCUT2D eigenvalue weighted by Gasteiger charge is -2.10. The van der Waals surface area contributed by atoms with Gasteiger partial charge in [0, 0.05) is 30.0 Å². The van der Waals surface area contributed by atoms with Gasteiger partial charge in [-0.2, -0.15) is 0 Å². The lowest BCUT2D eigenvalue weighted by molar-refractivity contribution is -0.384. The standard InChI is InChI=1S/C18H13N3O3/c1-24-14-8-9-16-15(11-14)19-18(17-3-2-10-20(16)17)12-4-6-13(7-5-12)21(22)23/h2-11H,1H3. The Balaban J connectivity index is 1.98. The quantitative estimate of drug-likeness (QED) is 0.421. The van der Waals surface area contributed by atoms with Gasteiger partial charge in [-0.05, 0) is 36.4 Å². The molecule has 24 heavy (non-hydrogen) atoms. The minimum absolute atomic E-state index is 0.0626. The molecule has 0 fully saturated rings. The van der Waals surface area contributed by atoms with Gasteiger partial charge in [0.1, 0.15) is 5.75 Å². The number of rotatable bonds is 3. The van der Waals surface area contributed by atoms with Crippen LogP contribution in [0.25, 0.3) is 27.8 Å². The number of nitrogens with zero attached hydrogens (tertiary/aromatic N) is 3. The van der Waals surface area contributed by atoms with Crippen LogP contribution < -0.4 is 4.74 Å². The number of ether oxygens (including phenoxy) is 1. The van der Waals surface area contributed by atoms with Crippen molar-refractivity contribution in [3.8, 4) is 17.0 Å². The number of nitro benzene ring substituents is 1. The van der Waals surface area contributed by atoms with Gasteiger partial charge >= 0.3 is 0 Å². The van der Waals surface area contributed by atoms with E-state index in [0.717, 1.165) is 33.6 Å². The molecular formula is C18H13N3O3. The van der Waals surface area contributed by atoms with Gasteiger partial charge in [-0.3, -0.25) is 10.1 Å². The highest BCUT2D eigenvalue weighted by atomic mass is 16.6. The van der Waals surface area contributed by atoms with Crippen molar-refractivity contribution in [2.24, 2.45) is 0 Å². The Labute approximate surface area is 137 Å². The number of nitro groups is 1. The molecule has 0 spiro atoms. The van der Waals surface area contributed by atoms with Crippen LogP contribution in [0.4, 0.5) is 5.69 Å². The van der Waals surface area contributed by atoms with Gasteiger partial charge in [-0.15, -0.1) is 0 Å². The van der Waals surface area contributed by atoms with E-state index in [1.165, 1.54) is 12.1 Å². The van der Waals surface area contributed by atoms with Crippen molar-refractivity contribution in [2.45, 2.75) is 0 Å². The second-order valence-electron chi connectivity index (χ2n) is 5.38. The van der Waals surface area contributed by atoms with Crippen molar-refractivity contribution < 1.29 is 9.66 Å². The largest absolute Gasteiger partial charge is 0.497 e. The predicted molar refractivity (Wildman–Crippen MR) is 91.3 cm³/mol. The molecule has 6 nitrogen and oxygen atoms in total. The average molecular weight is 319 g/mol. The van der Waals surface area contributed by atoms with Crippen molar-refractivity contribution in [2.75, 3.05) is 7.11 Å². The first-order valence-electron chi connectivity index (χ1n) is 7.37. The monoisotopic (exact) mass is 319 g/mol. The van der Waals surface area contributed by atoms with Gasteiger partial charge in [0.2, 0.25) is 0 Å². The van der Waals surface area contributed by atoms with E-state index in [4.69, 9.17) is 9.72 Å². The van der Waals surface area contributed by atoms with Gasteiger partial charge in [-0.25, -0.2) is 4.98 Å². The van der Waals surface area contributed by atoms with Crippen LogP contribution in [0.1, 0.15) is 0 Å². The van der Waals surface area contributed by atoms with Crippen molar-refractivity contribution in [1.29, 1.82) is 0 Å². The lowest BCUT2D eigenvalue weighted by Crippen LogP contribution is -1.95. The van der Waals surface area contributed by atoms with Crippen LogP contribution in [0.5, 0.6) is 5.75 Å². The number of fused-ring (bicyclic) bond motifs is 3. The van der Waals surface area contributed by atoms with Crippen LogP contribution in [-0.2, 0) is 0 Å². The summed E-state index contributed by atoms with van der Waals surface area (Å²) in [7, 11) is 1.62. The van der Waals surface area contributed by atoms with Crippen LogP contribution in [0.2, 0.25) is 0 Å². The molecule has 0 aliphatic rings. The van der Waals surface area contributed by atoms with Crippen LogP contribution >= 0.6 is 0 Å². The van der Waals surface area contributed by atoms with E-state index < -0.39 is 4.92 Å². The second kappa shape index (κ2) is 5.34. The molecule has 2 aromatic heterocycles. The zero-order valence-electron chi connectivity index (χ0n) is 12.8. The molecule has 4 aromatic rings. The summed E-state index contributed by atoms with van der Waals surface area (Å²) in [6, 6.07) is 16.1. The molecule has 2 aromatic carbocycles. The molecule has 0 atom stereocenters. The van der Waals surface area contributed by atoms with Crippen LogP contribution in [-0.4, -0.2) is 21.4 Å². The highest BCUT2D eigenvalue weighted by Crippen LogP contribution is 2.29. The Morgan fingerprint density at radius 2 is 1.88 bits per heavy atom. The van der Waals surface area contributed by atoms with Gasteiger partial charge in [-0.1, -0.05) is 0 Å². The molecule has 4 rings (SSSR count). The summed E-state index contributed by atoms with van der Waals surface area (Å²) in [4.78, 5) is 15.2. The second-order valence-corrected chi connectivity index (χ2v) is 5.38. The van der Waals surface area contributed by atoms with E-state index in [1.807, 2.05) is 36.5 Å². The van der Waals surface area contributed by atoms with Crippen molar-refractivity contribution in [1.82, 2.24) is 9.38 Å².